The zero-order valence-corrected chi connectivity index (χ0v) is 10.7. The van der Waals surface area contributed by atoms with Gasteiger partial charge in [-0.05, 0) is 43.2 Å². The molecule has 0 aliphatic carbocycles. The van der Waals surface area contributed by atoms with Crippen LogP contribution in [0.2, 0.25) is 0 Å². The summed E-state index contributed by atoms with van der Waals surface area (Å²) in [5.74, 6) is 0. The number of thiazole rings is 1. The number of para-hydroxylation sites is 1. The molecule has 17 heavy (non-hydrogen) atoms. The maximum atomic E-state index is 4.67. The second kappa shape index (κ2) is 3.97. The first-order chi connectivity index (χ1) is 8.24. The van der Waals surface area contributed by atoms with Crippen LogP contribution in [0, 0.1) is 13.8 Å². The molecular formula is C15H13NS. The van der Waals surface area contributed by atoms with E-state index in [-0.39, 0.29) is 0 Å². The lowest BCUT2D eigenvalue weighted by Crippen LogP contribution is -1.82. The molecule has 0 N–H and O–H groups in total. The molecule has 0 amide bonds. The first kappa shape index (κ1) is 10.5. The molecule has 0 aliphatic heterocycles. The molecule has 0 bridgehead atoms. The molecule has 0 fully saturated rings. The van der Waals surface area contributed by atoms with Crippen molar-refractivity contribution in [3.63, 3.8) is 0 Å². The van der Waals surface area contributed by atoms with E-state index in [4.69, 9.17) is 0 Å². The number of aryl methyl sites for hydroxylation is 2. The molecule has 0 radical (unpaired) electrons. The molecule has 1 nitrogen and oxygen atoms in total. The summed E-state index contributed by atoms with van der Waals surface area (Å²) in [6.07, 6.45) is 0. The van der Waals surface area contributed by atoms with Crippen LogP contribution in [0.15, 0.2) is 42.5 Å². The van der Waals surface area contributed by atoms with Crippen LogP contribution in [-0.4, -0.2) is 4.98 Å². The molecule has 2 aromatic carbocycles. The lowest BCUT2D eigenvalue weighted by Gasteiger charge is -2.01. The van der Waals surface area contributed by atoms with Gasteiger partial charge in [0.05, 0.1) is 10.2 Å². The molecule has 1 heterocycles. The van der Waals surface area contributed by atoms with Crippen molar-refractivity contribution in [1.29, 1.82) is 0 Å². The van der Waals surface area contributed by atoms with E-state index in [9.17, 15) is 0 Å². The Labute approximate surface area is 105 Å². The number of hydrogen-bond donors (Lipinski definition) is 0. The number of hydrogen-bond acceptors (Lipinski definition) is 2. The molecule has 0 spiro atoms. The van der Waals surface area contributed by atoms with Gasteiger partial charge in [0.2, 0.25) is 0 Å². The van der Waals surface area contributed by atoms with Gasteiger partial charge in [0, 0.05) is 5.56 Å². The molecule has 0 saturated heterocycles. The van der Waals surface area contributed by atoms with Gasteiger partial charge < -0.3 is 0 Å². The van der Waals surface area contributed by atoms with E-state index in [1.54, 1.807) is 11.3 Å². The summed E-state index contributed by atoms with van der Waals surface area (Å²) in [6.45, 7) is 4.28. The molecule has 0 saturated carbocycles. The smallest absolute Gasteiger partial charge is 0.124 e. The topological polar surface area (TPSA) is 12.9 Å². The van der Waals surface area contributed by atoms with E-state index in [2.05, 4.69) is 55.2 Å². The van der Waals surface area contributed by atoms with Gasteiger partial charge >= 0.3 is 0 Å². The van der Waals surface area contributed by atoms with Gasteiger partial charge in [-0.25, -0.2) is 4.98 Å². The molecule has 1 aromatic heterocycles. The van der Waals surface area contributed by atoms with E-state index in [0.29, 0.717) is 0 Å². The van der Waals surface area contributed by atoms with Crippen molar-refractivity contribution in [2.45, 2.75) is 13.8 Å². The molecule has 0 unspecified atom stereocenters. The van der Waals surface area contributed by atoms with Crippen LogP contribution in [0.25, 0.3) is 20.8 Å². The van der Waals surface area contributed by atoms with Crippen LogP contribution >= 0.6 is 11.3 Å². The molecular weight excluding hydrogens is 226 g/mol. The number of fused-ring (bicyclic) bond motifs is 1. The van der Waals surface area contributed by atoms with E-state index in [0.717, 1.165) is 10.5 Å². The maximum absolute atomic E-state index is 4.67. The Bertz CT molecular complexity index is 649. The summed E-state index contributed by atoms with van der Waals surface area (Å²) in [5, 5.41) is 1.11. The van der Waals surface area contributed by atoms with E-state index >= 15 is 0 Å². The largest absolute Gasteiger partial charge is 0.236 e. The molecule has 84 valence electrons. The Morgan fingerprint density at radius 2 is 1.76 bits per heavy atom. The number of nitrogens with zero attached hydrogens (tertiary/aromatic N) is 1. The summed E-state index contributed by atoms with van der Waals surface area (Å²) in [6, 6.07) is 14.8. The van der Waals surface area contributed by atoms with Crippen molar-refractivity contribution in [2.24, 2.45) is 0 Å². The van der Waals surface area contributed by atoms with Crippen LogP contribution in [0.4, 0.5) is 0 Å². The van der Waals surface area contributed by atoms with Crippen LogP contribution in [-0.2, 0) is 0 Å². The van der Waals surface area contributed by atoms with Crippen LogP contribution in [0.5, 0.6) is 0 Å². The van der Waals surface area contributed by atoms with E-state index in [1.165, 1.54) is 21.4 Å². The summed E-state index contributed by atoms with van der Waals surface area (Å²) in [7, 11) is 0. The fourth-order valence-electron chi connectivity index (χ4n) is 1.87. The van der Waals surface area contributed by atoms with Crippen molar-refractivity contribution in [3.05, 3.63) is 53.6 Å². The van der Waals surface area contributed by atoms with Crippen LogP contribution < -0.4 is 0 Å². The van der Waals surface area contributed by atoms with Gasteiger partial charge in [0.25, 0.3) is 0 Å². The standard InChI is InChI=1S/C15H13NS/c1-10-7-8-12(9-11(10)2)15-16-13-5-3-4-6-14(13)17-15/h3-9H,1-2H3. The number of rotatable bonds is 1. The van der Waals surface area contributed by atoms with E-state index < -0.39 is 0 Å². The first-order valence-corrected chi connectivity index (χ1v) is 6.49. The van der Waals surface area contributed by atoms with Crippen molar-refractivity contribution in [1.82, 2.24) is 4.98 Å². The Morgan fingerprint density at radius 1 is 0.941 bits per heavy atom. The molecule has 3 aromatic rings. The summed E-state index contributed by atoms with van der Waals surface area (Å²) in [4.78, 5) is 4.67. The predicted octanol–water partition coefficient (Wildman–Crippen LogP) is 4.58. The zero-order valence-electron chi connectivity index (χ0n) is 9.90. The Hall–Kier alpha value is -1.67. The number of aromatic nitrogens is 1. The van der Waals surface area contributed by atoms with Crippen molar-refractivity contribution >= 4 is 21.6 Å². The second-order valence-electron chi connectivity index (χ2n) is 4.29. The van der Waals surface area contributed by atoms with E-state index in [1.807, 2.05) is 6.07 Å². The van der Waals surface area contributed by atoms with Crippen molar-refractivity contribution < 1.29 is 0 Å². The highest BCUT2D eigenvalue weighted by molar-refractivity contribution is 7.21. The van der Waals surface area contributed by atoms with Gasteiger partial charge in [-0.1, -0.05) is 24.3 Å². The minimum atomic E-state index is 1.09. The Kier molecular flexibility index (Phi) is 2.45. The Morgan fingerprint density at radius 3 is 2.53 bits per heavy atom. The average Bonchev–Trinajstić information content (AvgIpc) is 2.76. The lowest BCUT2D eigenvalue weighted by atomic mass is 10.1. The van der Waals surface area contributed by atoms with Gasteiger partial charge in [0.15, 0.2) is 0 Å². The summed E-state index contributed by atoms with van der Waals surface area (Å²) >= 11 is 1.75. The first-order valence-electron chi connectivity index (χ1n) is 5.67. The minimum Gasteiger partial charge on any atom is -0.236 e. The highest BCUT2D eigenvalue weighted by atomic mass is 32.1. The van der Waals surface area contributed by atoms with Gasteiger partial charge in [-0.15, -0.1) is 11.3 Å². The third-order valence-corrected chi connectivity index (χ3v) is 4.13. The SMILES string of the molecule is Cc1ccc(-c2nc3ccccc3s2)cc1C. The molecule has 0 aliphatic rings. The van der Waals surface area contributed by atoms with Crippen molar-refractivity contribution in [3.8, 4) is 10.6 Å². The highest BCUT2D eigenvalue weighted by Crippen LogP contribution is 2.30. The van der Waals surface area contributed by atoms with Gasteiger partial charge in [-0.2, -0.15) is 0 Å². The molecule has 3 rings (SSSR count). The highest BCUT2D eigenvalue weighted by Gasteiger charge is 2.06. The second-order valence-corrected chi connectivity index (χ2v) is 5.32. The van der Waals surface area contributed by atoms with Crippen LogP contribution in [0.3, 0.4) is 0 Å². The monoisotopic (exact) mass is 239 g/mol. The molecule has 0 atom stereocenters. The zero-order chi connectivity index (χ0) is 11.8. The third kappa shape index (κ3) is 1.85. The van der Waals surface area contributed by atoms with Gasteiger partial charge in [0.1, 0.15) is 5.01 Å². The lowest BCUT2D eigenvalue weighted by molar-refractivity contribution is 1.33. The molecule has 2 heteroatoms. The quantitative estimate of drug-likeness (QED) is 0.605. The van der Waals surface area contributed by atoms with Crippen LogP contribution in [0.1, 0.15) is 11.1 Å². The van der Waals surface area contributed by atoms with Crippen molar-refractivity contribution in [2.75, 3.05) is 0 Å². The predicted molar refractivity (Wildman–Crippen MR) is 74.5 cm³/mol. The third-order valence-electron chi connectivity index (χ3n) is 3.05. The Balaban J connectivity index is 2.17. The normalized spacial score (nSPS) is 10.9. The minimum absolute atomic E-state index is 1.09. The summed E-state index contributed by atoms with van der Waals surface area (Å²) in [5.41, 5.74) is 4.96. The fraction of sp³-hybridized carbons (Fsp3) is 0.133. The maximum Gasteiger partial charge on any atom is 0.124 e. The average molecular weight is 239 g/mol. The van der Waals surface area contributed by atoms with Gasteiger partial charge in [-0.3, -0.25) is 0 Å². The summed E-state index contributed by atoms with van der Waals surface area (Å²) < 4.78 is 1.25. The fourth-order valence-corrected chi connectivity index (χ4v) is 2.83. The number of benzene rings is 2.